The van der Waals surface area contributed by atoms with Crippen LogP contribution in [0, 0.1) is 11.3 Å². The first-order valence-corrected chi connectivity index (χ1v) is 4.60. The second-order valence-corrected chi connectivity index (χ2v) is 3.21. The van der Waals surface area contributed by atoms with Gasteiger partial charge in [-0.3, -0.25) is 0 Å². The summed E-state index contributed by atoms with van der Waals surface area (Å²) >= 11 is 0. The van der Waals surface area contributed by atoms with Crippen molar-refractivity contribution in [3.05, 3.63) is 54.1 Å². The fraction of sp³-hybridized carbons (Fsp3) is 0. The van der Waals surface area contributed by atoms with Crippen molar-refractivity contribution in [2.75, 3.05) is 0 Å². The van der Waals surface area contributed by atoms with E-state index in [9.17, 15) is 5.11 Å². The van der Waals surface area contributed by atoms with Crippen molar-refractivity contribution in [2.24, 2.45) is 0 Å². The number of aromatic hydroxyl groups is 1. The maximum Gasteiger partial charge on any atom is 0.123 e. The largest absolute Gasteiger partial charge is 0.507 e. The summed E-state index contributed by atoms with van der Waals surface area (Å²) in [6.07, 6.45) is 0. The average Bonchev–Trinajstić information content (AvgIpc) is 2.30. The third kappa shape index (κ3) is 1.82. The van der Waals surface area contributed by atoms with Crippen LogP contribution >= 0.6 is 0 Å². The highest BCUT2D eigenvalue weighted by Crippen LogP contribution is 2.28. The summed E-state index contributed by atoms with van der Waals surface area (Å²) in [6, 6.07) is 16.3. The van der Waals surface area contributed by atoms with Crippen LogP contribution in [0.4, 0.5) is 0 Å². The Morgan fingerprint density at radius 1 is 1.00 bits per heavy atom. The fourth-order valence-electron chi connectivity index (χ4n) is 1.47. The van der Waals surface area contributed by atoms with Crippen molar-refractivity contribution in [3.8, 4) is 22.9 Å². The van der Waals surface area contributed by atoms with Gasteiger partial charge < -0.3 is 5.11 Å². The predicted molar refractivity (Wildman–Crippen MR) is 58.3 cm³/mol. The van der Waals surface area contributed by atoms with E-state index in [1.807, 2.05) is 18.2 Å². The molecule has 2 aromatic carbocycles. The first kappa shape index (κ1) is 9.29. The third-order valence-electron chi connectivity index (χ3n) is 2.21. The van der Waals surface area contributed by atoms with Gasteiger partial charge in [0.15, 0.2) is 0 Å². The lowest BCUT2D eigenvalue weighted by Crippen LogP contribution is -1.80. The number of benzene rings is 2. The highest BCUT2D eigenvalue weighted by molar-refractivity contribution is 5.70. The molecule has 0 aliphatic rings. The number of nitrogens with zero attached hydrogens (tertiary/aromatic N) is 1. The molecular weight excluding hydrogens is 186 g/mol. The minimum absolute atomic E-state index is 0.229. The Hall–Kier alpha value is -2.27. The lowest BCUT2D eigenvalue weighted by molar-refractivity contribution is 0.477. The van der Waals surface area contributed by atoms with Gasteiger partial charge in [0.2, 0.25) is 0 Å². The van der Waals surface area contributed by atoms with Crippen LogP contribution in [0.25, 0.3) is 11.1 Å². The molecule has 2 aromatic rings. The van der Waals surface area contributed by atoms with Crippen LogP contribution in [0.2, 0.25) is 0 Å². The summed E-state index contributed by atoms with van der Waals surface area (Å²) in [5.41, 5.74) is 2.19. The molecule has 0 aliphatic heterocycles. The van der Waals surface area contributed by atoms with Crippen molar-refractivity contribution in [2.45, 2.75) is 0 Å². The lowest BCUT2D eigenvalue weighted by Gasteiger charge is -2.03. The maximum absolute atomic E-state index is 9.64. The highest BCUT2D eigenvalue weighted by atomic mass is 16.3. The highest BCUT2D eigenvalue weighted by Gasteiger charge is 2.02. The van der Waals surface area contributed by atoms with Crippen molar-refractivity contribution < 1.29 is 5.11 Å². The Balaban J connectivity index is 2.55. The molecule has 0 amide bonds. The zero-order valence-electron chi connectivity index (χ0n) is 8.01. The Morgan fingerprint density at radius 2 is 1.80 bits per heavy atom. The topological polar surface area (TPSA) is 44.0 Å². The first-order chi connectivity index (χ1) is 7.31. The number of nitriles is 1. The Morgan fingerprint density at radius 3 is 2.53 bits per heavy atom. The van der Waals surface area contributed by atoms with E-state index in [1.54, 1.807) is 30.3 Å². The van der Waals surface area contributed by atoms with E-state index in [0.717, 1.165) is 11.1 Å². The molecule has 2 rings (SSSR count). The van der Waals surface area contributed by atoms with Gasteiger partial charge >= 0.3 is 0 Å². The van der Waals surface area contributed by atoms with Crippen molar-refractivity contribution >= 4 is 0 Å². The third-order valence-corrected chi connectivity index (χ3v) is 2.21. The molecule has 0 atom stereocenters. The molecule has 1 N–H and O–H groups in total. The molecule has 2 heteroatoms. The van der Waals surface area contributed by atoms with Crippen LogP contribution in [0.5, 0.6) is 5.75 Å². The number of para-hydroxylation sites is 1. The molecule has 0 saturated carbocycles. The zero-order valence-corrected chi connectivity index (χ0v) is 8.01. The molecule has 0 bridgehead atoms. The summed E-state index contributed by atoms with van der Waals surface area (Å²) in [5, 5.41) is 18.4. The molecule has 0 radical (unpaired) electrons. The van der Waals surface area contributed by atoms with Gasteiger partial charge in [-0.05, 0) is 23.8 Å². The summed E-state index contributed by atoms with van der Waals surface area (Å²) in [5.74, 6) is 0.229. The molecule has 0 fully saturated rings. The van der Waals surface area contributed by atoms with E-state index in [4.69, 9.17) is 5.26 Å². The smallest absolute Gasteiger partial charge is 0.123 e. The summed E-state index contributed by atoms with van der Waals surface area (Å²) < 4.78 is 0. The van der Waals surface area contributed by atoms with E-state index in [-0.39, 0.29) is 5.75 Å². The minimum atomic E-state index is 0.229. The van der Waals surface area contributed by atoms with Crippen molar-refractivity contribution in [1.82, 2.24) is 0 Å². The predicted octanol–water partition coefficient (Wildman–Crippen LogP) is 2.93. The number of hydrogen-bond acceptors (Lipinski definition) is 2. The standard InChI is InChI=1S/C13H9NO/c14-9-10-4-3-5-11(8-10)12-6-1-2-7-13(12)15/h1-8,15H. The minimum Gasteiger partial charge on any atom is -0.507 e. The van der Waals surface area contributed by atoms with E-state index >= 15 is 0 Å². The van der Waals surface area contributed by atoms with Gasteiger partial charge in [0.25, 0.3) is 0 Å². The Bertz CT molecular complexity index is 526. The van der Waals surface area contributed by atoms with Gasteiger partial charge in [-0.1, -0.05) is 30.3 Å². The molecule has 0 heterocycles. The molecule has 72 valence electrons. The molecule has 0 unspecified atom stereocenters. The van der Waals surface area contributed by atoms with E-state index in [2.05, 4.69) is 6.07 Å². The Kier molecular flexibility index (Phi) is 2.38. The lowest BCUT2D eigenvalue weighted by atomic mass is 10.0. The molecular formula is C13H9NO. The zero-order chi connectivity index (χ0) is 10.7. The van der Waals surface area contributed by atoms with Crippen LogP contribution in [-0.2, 0) is 0 Å². The van der Waals surface area contributed by atoms with Crippen LogP contribution < -0.4 is 0 Å². The molecule has 0 aromatic heterocycles. The second kappa shape index (κ2) is 3.85. The normalized spacial score (nSPS) is 9.53. The van der Waals surface area contributed by atoms with Gasteiger partial charge in [-0.15, -0.1) is 0 Å². The van der Waals surface area contributed by atoms with Crippen molar-refractivity contribution in [3.63, 3.8) is 0 Å². The SMILES string of the molecule is N#Cc1cccc(-c2ccccc2O)c1. The van der Waals surface area contributed by atoms with Crippen LogP contribution in [-0.4, -0.2) is 5.11 Å². The maximum atomic E-state index is 9.64. The van der Waals surface area contributed by atoms with Gasteiger partial charge in [0, 0.05) is 5.56 Å². The van der Waals surface area contributed by atoms with E-state index in [0.29, 0.717) is 5.56 Å². The molecule has 0 saturated heterocycles. The molecule has 0 spiro atoms. The van der Waals surface area contributed by atoms with E-state index < -0.39 is 0 Å². The fourth-order valence-corrected chi connectivity index (χ4v) is 1.47. The van der Waals surface area contributed by atoms with Gasteiger partial charge in [0.1, 0.15) is 5.75 Å². The number of rotatable bonds is 1. The van der Waals surface area contributed by atoms with Gasteiger partial charge in [-0.2, -0.15) is 5.26 Å². The average molecular weight is 195 g/mol. The van der Waals surface area contributed by atoms with Gasteiger partial charge in [0.05, 0.1) is 11.6 Å². The van der Waals surface area contributed by atoms with Crippen LogP contribution in [0.3, 0.4) is 0 Å². The van der Waals surface area contributed by atoms with E-state index in [1.165, 1.54) is 0 Å². The molecule has 2 nitrogen and oxygen atoms in total. The van der Waals surface area contributed by atoms with Crippen LogP contribution in [0.15, 0.2) is 48.5 Å². The first-order valence-electron chi connectivity index (χ1n) is 4.60. The monoisotopic (exact) mass is 195 g/mol. The second-order valence-electron chi connectivity index (χ2n) is 3.21. The summed E-state index contributed by atoms with van der Waals surface area (Å²) in [6.45, 7) is 0. The quantitative estimate of drug-likeness (QED) is 0.760. The summed E-state index contributed by atoms with van der Waals surface area (Å²) in [7, 11) is 0. The molecule has 0 aliphatic carbocycles. The van der Waals surface area contributed by atoms with Gasteiger partial charge in [-0.25, -0.2) is 0 Å². The number of phenols is 1. The number of phenolic OH excluding ortho intramolecular Hbond substituents is 1. The summed E-state index contributed by atoms with van der Waals surface area (Å²) in [4.78, 5) is 0. The van der Waals surface area contributed by atoms with Crippen molar-refractivity contribution in [1.29, 1.82) is 5.26 Å². The molecule has 15 heavy (non-hydrogen) atoms. The number of hydrogen-bond donors (Lipinski definition) is 1. The Labute approximate surface area is 88.0 Å². The van der Waals surface area contributed by atoms with Crippen LogP contribution in [0.1, 0.15) is 5.56 Å².